The van der Waals surface area contributed by atoms with E-state index in [1.54, 1.807) is 4.68 Å². The summed E-state index contributed by atoms with van der Waals surface area (Å²) < 4.78 is 2.76. The number of halogens is 1. The SMILES string of the molecule is CCCC(=O)Cn1nc(C)c(Br)c1C. The van der Waals surface area contributed by atoms with Gasteiger partial charge < -0.3 is 0 Å². The number of carbonyl (C=O) groups excluding carboxylic acids is 1. The molecule has 0 saturated heterocycles. The van der Waals surface area contributed by atoms with Crippen molar-refractivity contribution in [3.63, 3.8) is 0 Å². The summed E-state index contributed by atoms with van der Waals surface area (Å²) >= 11 is 3.43. The maximum Gasteiger partial charge on any atom is 0.154 e. The average Bonchev–Trinajstić information content (AvgIpc) is 2.34. The molecule has 0 N–H and O–H groups in total. The molecule has 0 aliphatic rings. The Balaban J connectivity index is 2.77. The van der Waals surface area contributed by atoms with Crippen LogP contribution in [-0.4, -0.2) is 15.6 Å². The molecule has 3 nitrogen and oxygen atoms in total. The van der Waals surface area contributed by atoms with Gasteiger partial charge in [0.2, 0.25) is 0 Å². The van der Waals surface area contributed by atoms with Gasteiger partial charge in [0.1, 0.15) is 0 Å². The molecule has 0 amide bonds. The Kier molecular flexibility index (Phi) is 3.86. The Morgan fingerprint density at radius 3 is 2.57 bits per heavy atom. The number of ketones is 1. The maximum atomic E-state index is 11.4. The summed E-state index contributed by atoms with van der Waals surface area (Å²) in [4.78, 5) is 11.4. The molecule has 78 valence electrons. The Bertz CT molecular complexity index is 344. The number of nitrogens with zero attached hydrogens (tertiary/aromatic N) is 2. The van der Waals surface area contributed by atoms with E-state index in [1.165, 1.54) is 0 Å². The third-order valence-corrected chi connectivity index (χ3v) is 3.30. The summed E-state index contributed by atoms with van der Waals surface area (Å²) in [6.45, 7) is 6.29. The zero-order chi connectivity index (χ0) is 10.7. The van der Waals surface area contributed by atoms with Gasteiger partial charge in [-0.3, -0.25) is 9.48 Å². The van der Waals surface area contributed by atoms with E-state index in [0.717, 1.165) is 22.3 Å². The van der Waals surface area contributed by atoms with Gasteiger partial charge in [0.05, 0.1) is 22.4 Å². The molecule has 0 saturated carbocycles. The second-order valence-electron chi connectivity index (χ2n) is 3.43. The molecule has 0 atom stereocenters. The van der Waals surface area contributed by atoms with Crippen molar-refractivity contribution in [2.24, 2.45) is 0 Å². The van der Waals surface area contributed by atoms with Gasteiger partial charge >= 0.3 is 0 Å². The summed E-state index contributed by atoms with van der Waals surface area (Å²) in [5.74, 6) is 0.241. The number of hydrogen-bond donors (Lipinski definition) is 0. The smallest absolute Gasteiger partial charge is 0.154 e. The molecule has 4 heteroatoms. The van der Waals surface area contributed by atoms with Crippen LogP contribution in [0.3, 0.4) is 0 Å². The highest BCUT2D eigenvalue weighted by Gasteiger charge is 2.10. The first-order chi connectivity index (χ1) is 6.56. The molecule has 1 heterocycles. The van der Waals surface area contributed by atoms with Crippen LogP contribution in [0.25, 0.3) is 0 Å². The number of Topliss-reactive ketones (excluding diaryl/α,β-unsaturated/α-hetero) is 1. The first kappa shape index (κ1) is 11.4. The summed E-state index contributed by atoms with van der Waals surface area (Å²) in [7, 11) is 0. The van der Waals surface area contributed by atoms with E-state index in [4.69, 9.17) is 0 Å². The molecule has 14 heavy (non-hydrogen) atoms. The number of carbonyl (C=O) groups is 1. The van der Waals surface area contributed by atoms with Crippen molar-refractivity contribution in [2.45, 2.75) is 40.2 Å². The maximum absolute atomic E-state index is 11.4. The monoisotopic (exact) mass is 258 g/mol. The Morgan fingerprint density at radius 2 is 2.14 bits per heavy atom. The van der Waals surface area contributed by atoms with E-state index in [0.29, 0.717) is 13.0 Å². The van der Waals surface area contributed by atoms with Crippen LogP contribution in [0, 0.1) is 13.8 Å². The quantitative estimate of drug-likeness (QED) is 0.833. The second-order valence-corrected chi connectivity index (χ2v) is 4.22. The highest BCUT2D eigenvalue weighted by Crippen LogP contribution is 2.19. The summed E-state index contributed by atoms with van der Waals surface area (Å²) in [5, 5.41) is 4.28. The van der Waals surface area contributed by atoms with Crippen molar-refractivity contribution in [1.29, 1.82) is 0 Å². The van der Waals surface area contributed by atoms with Gasteiger partial charge in [-0.1, -0.05) is 6.92 Å². The molecule has 1 aromatic rings. The van der Waals surface area contributed by atoms with E-state index >= 15 is 0 Å². The molecule has 0 spiro atoms. The van der Waals surface area contributed by atoms with E-state index in [-0.39, 0.29) is 5.78 Å². The molecule has 0 fully saturated rings. The van der Waals surface area contributed by atoms with Gasteiger partial charge in [-0.15, -0.1) is 0 Å². The summed E-state index contributed by atoms with van der Waals surface area (Å²) in [5.41, 5.74) is 1.96. The Hall–Kier alpha value is -0.640. The molecule has 0 unspecified atom stereocenters. The predicted octanol–water partition coefficient (Wildman–Crippen LogP) is 2.63. The zero-order valence-corrected chi connectivity index (χ0v) is 10.4. The first-order valence-corrected chi connectivity index (χ1v) is 5.56. The van der Waals surface area contributed by atoms with Crippen molar-refractivity contribution in [2.75, 3.05) is 0 Å². The molecule has 0 bridgehead atoms. The van der Waals surface area contributed by atoms with E-state index in [1.807, 2.05) is 20.8 Å². The largest absolute Gasteiger partial charge is 0.298 e. The molecular formula is C10H15BrN2O. The third-order valence-electron chi connectivity index (χ3n) is 2.15. The standard InChI is InChI=1S/C10H15BrN2O/c1-4-5-9(14)6-13-8(3)10(11)7(2)12-13/h4-6H2,1-3H3. The summed E-state index contributed by atoms with van der Waals surface area (Å²) in [6, 6.07) is 0. The van der Waals surface area contributed by atoms with Crippen LogP contribution in [0.4, 0.5) is 0 Å². The molecular weight excluding hydrogens is 244 g/mol. The molecule has 0 aliphatic carbocycles. The van der Waals surface area contributed by atoms with Crippen LogP contribution < -0.4 is 0 Å². The number of hydrogen-bond acceptors (Lipinski definition) is 2. The topological polar surface area (TPSA) is 34.9 Å². The molecule has 0 radical (unpaired) electrons. The Labute approximate surface area is 92.6 Å². The lowest BCUT2D eigenvalue weighted by Crippen LogP contribution is -2.12. The highest BCUT2D eigenvalue weighted by atomic mass is 79.9. The van der Waals surface area contributed by atoms with E-state index in [2.05, 4.69) is 21.0 Å². The lowest BCUT2D eigenvalue weighted by molar-refractivity contribution is -0.119. The molecule has 0 aromatic carbocycles. The second kappa shape index (κ2) is 4.73. The van der Waals surface area contributed by atoms with Gasteiger partial charge in [0, 0.05) is 6.42 Å². The third kappa shape index (κ3) is 2.44. The molecule has 0 aliphatic heterocycles. The van der Waals surface area contributed by atoms with Gasteiger partial charge in [-0.05, 0) is 36.2 Å². The minimum Gasteiger partial charge on any atom is -0.298 e. The van der Waals surface area contributed by atoms with Gasteiger partial charge in [-0.25, -0.2) is 0 Å². The fourth-order valence-electron chi connectivity index (χ4n) is 1.35. The number of rotatable bonds is 4. The lowest BCUT2D eigenvalue weighted by atomic mass is 10.2. The number of aryl methyl sites for hydroxylation is 1. The lowest BCUT2D eigenvalue weighted by Gasteiger charge is -2.02. The molecule has 1 rings (SSSR count). The zero-order valence-electron chi connectivity index (χ0n) is 8.80. The van der Waals surface area contributed by atoms with Crippen LogP contribution in [-0.2, 0) is 11.3 Å². The van der Waals surface area contributed by atoms with Crippen LogP contribution >= 0.6 is 15.9 Å². The highest BCUT2D eigenvalue weighted by molar-refractivity contribution is 9.10. The average molecular weight is 259 g/mol. The first-order valence-electron chi connectivity index (χ1n) is 4.77. The number of aromatic nitrogens is 2. The fraction of sp³-hybridized carbons (Fsp3) is 0.600. The minimum absolute atomic E-state index is 0.241. The van der Waals surface area contributed by atoms with E-state index in [9.17, 15) is 4.79 Å². The minimum atomic E-state index is 0.241. The van der Waals surface area contributed by atoms with Crippen LogP contribution in [0.5, 0.6) is 0 Å². The van der Waals surface area contributed by atoms with Crippen LogP contribution in [0.2, 0.25) is 0 Å². The van der Waals surface area contributed by atoms with Gasteiger partial charge in [0.15, 0.2) is 5.78 Å². The van der Waals surface area contributed by atoms with Crippen molar-refractivity contribution >= 4 is 21.7 Å². The van der Waals surface area contributed by atoms with Crippen molar-refractivity contribution in [3.05, 3.63) is 15.9 Å². The Morgan fingerprint density at radius 1 is 1.50 bits per heavy atom. The van der Waals surface area contributed by atoms with Crippen molar-refractivity contribution < 1.29 is 4.79 Å². The normalized spacial score (nSPS) is 10.6. The van der Waals surface area contributed by atoms with Crippen LogP contribution in [0.15, 0.2) is 4.47 Å². The predicted molar refractivity (Wildman–Crippen MR) is 59.3 cm³/mol. The van der Waals surface area contributed by atoms with E-state index < -0.39 is 0 Å². The van der Waals surface area contributed by atoms with Crippen LogP contribution in [0.1, 0.15) is 31.2 Å². The fourth-order valence-corrected chi connectivity index (χ4v) is 1.64. The van der Waals surface area contributed by atoms with Crippen molar-refractivity contribution in [1.82, 2.24) is 9.78 Å². The van der Waals surface area contributed by atoms with Gasteiger partial charge in [0.25, 0.3) is 0 Å². The van der Waals surface area contributed by atoms with Crippen molar-refractivity contribution in [3.8, 4) is 0 Å². The van der Waals surface area contributed by atoms with Gasteiger partial charge in [-0.2, -0.15) is 5.10 Å². The molecule has 1 aromatic heterocycles. The summed E-state index contributed by atoms with van der Waals surface area (Å²) in [6.07, 6.45) is 1.54.